The van der Waals surface area contributed by atoms with E-state index >= 15 is 0 Å². The molecule has 3 aliphatic rings. The van der Waals surface area contributed by atoms with E-state index in [1.807, 2.05) is 4.57 Å². The summed E-state index contributed by atoms with van der Waals surface area (Å²) < 4.78 is 2.05. The molecule has 0 unspecified atom stereocenters. The van der Waals surface area contributed by atoms with Gasteiger partial charge in [0.25, 0.3) is 0 Å². The second-order valence-corrected chi connectivity index (χ2v) is 7.15. The van der Waals surface area contributed by atoms with Gasteiger partial charge in [-0.1, -0.05) is 25.1 Å². The van der Waals surface area contributed by atoms with Gasteiger partial charge in [-0.2, -0.15) is 0 Å². The summed E-state index contributed by atoms with van der Waals surface area (Å²) in [6.45, 7) is 6.72. The molecule has 2 aromatic rings. The average Bonchev–Trinajstić information content (AvgIpc) is 2.92. The first-order chi connectivity index (χ1) is 11.3. The predicted molar refractivity (Wildman–Crippen MR) is 90.9 cm³/mol. The van der Waals surface area contributed by atoms with Crippen LogP contribution in [0.15, 0.2) is 24.3 Å². The molecule has 4 nitrogen and oxygen atoms in total. The molecule has 0 saturated carbocycles. The third kappa shape index (κ3) is 1.76. The highest BCUT2D eigenvalue weighted by atomic mass is 16.2. The Labute approximate surface area is 136 Å². The molecule has 4 heterocycles. The Morgan fingerprint density at radius 1 is 1.17 bits per heavy atom. The van der Waals surface area contributed by atoms with Crippen LogP contribution in [-0.4, -0.2) is 52.5 Å². The van der Waals surface area contributed by atoms with Crippen LogP contribution in [0.3, 0.4) is 0 Å². The largest absolute Gasteiger partial charge is 0.297 e. The van der Waals surface area contributed by atoms with E-state index in [0.29, 0.717) is 18.5 Å². The first kappa shape index (κ1) is 13.8. The maximum absolute atomic E-state index is 13.0. The van der Waals surface area contributed by atoms with E-state index in [2.05, 4.69) is 41.0 Å². The maximum Gasteiger partial charge on any atom is 0.233 e. The fraction of sp³-hybridized carbons (Fsp3) is 0.526. The number of para-hydroxylation sites is 1. The molecule has 120 valence electrons. The van der Waals surface area contributed by atoms with Crippen molar-refractivity contribution in [3.8, 4) is 0 Å². The van der Waals surface area contributed by atoms with Crippen molar-refractivity contribution >= 4 is 16.8 Å². The van der Waals surface area contributed by atoms with Crippen molar-refractivity contribution in [3.05, 3.63) is 35.5 Å². The minimum absolute atomic E-state index is 0.286. The Bertz CT molecular complexity index is 793. The third-order valence-corrected chi connectivity index (χ3v) is 5.99. The van der Waals surface area contributed by atoms with Crippen LogP contribution in [0, 0.1) is 0 Å². The van der Waals surface area contributed by atoms with Crippen molar-refractivity contribution in [2.75, 3.05) is 26.2 Å². The monoisotopic (exact) mass is 309 g/mol. The van der Waals surface area contributed by atoms with E-state index in [0.717, 1.165) is 44.5 Å². The smallest absolute Gasteiger partial charge is 0.233 e. The standard InChI is InChI=1S/C19H23N3O/c1-2-8-20-10-11-21-9-7-14-13-5-3-4-6-15(13)22-17(23)12-16(20)19(21)18(14)22/h3-6,16,19H,2,7-12H2,1H3/t16-,19+/m0/s1. The summed E-state index contributed by atoms with van der Waals surface area (Å²) >= 11 is 0. The normalized spacial score (nSPS) is 27.4. The Kier molecular flexibility index (Phi) is 2.94. The Balaban J connectivity index is 1.74. The van der Waals surface area contributed by atoms with Gasteiger partial charge in [0, 0.05) is 43.2 Å². The van der Waals surface area contributed by atoms with E-state index in [1.54, 1.807) is 0 Å². The summed E-state index contributed by atoms with van der Waals surface area (Å²) in [6, 6.07) is 9.24. The minimum atomic E-state index is 0.286. The second-order valence-electron chi connectivity index (χ2n) is 7.15. The van der Waals surface area contributed by atoms with Crippen molar-refractivity contribution < 1.29 is 4.79 Å². The summed E-state index contributed by atoms with van der Waals surface area (Å²) in [4.78, 5) is 18.2. The highest BCUT2D eigenvalue weighted by Gasteiger charge is 2.47. The van der Waals surface area contributed by atoms with E-state index in [4.69, 9.17) is 0 Å². The Hall–Kier alpha value is -1.65. The number of rotatable bonds is 2. The lowest BCUT2D eigenvalue weighted by atomic mass is 9.86. The number of hydrogen-bond acceptors (Lipinski definition) is 3. The SMILES string of the molecule is CCCN1CCN2CCc3c4n(c5ccccc35)C(=O)C[C@H]1[C@H]42. The van der Waals surface area contributed by atoms with Gasteiger partial charge in [-0.3, -0.25) is 19.2 Å². The van der Waals surface area contributed by atoms with E-state index in [1.165, 1.54) is 16.6 Å². The number of hydrogen-bond donors (Lipinski definition) is 0. The third-order valence-electron chi connectivity index (χ3n) is 5.99. The van der Waals surface area contributed by atoms with Crippen molar-refractivity contribution in [1.82, 2.24) is 14.4 Å². The lowest BCUT2D eigenvalue weighted by Crippen LogP contribution is -2.59. The minimum Gasteiger partial charge on any atom is -0.297 e. The highest BCUT2D eigenvalue weighted by molar-refractivity contribution is 5.97. The lowest BCUT2D eigenvalue weighted by Gasteiger charge is -2.51. The molecule has 0 aliphatic carbocycles. The van der Waals surface area contributed by atoms with Crippen LogP contribution in [0.5, 0.6) is 0 Å². The maximum atomic E-state index is 13.0. The molecule has 1 aromatic carbocycles. The fourth-order valence-electron chi connectivity index (χ4n) is 5.11. The molecule has 3 aliphatic heterocycles. The van der Waals surface area contributed by atoms with Crippen molar-refractivity contribution in [3.63, 3.8) is 0 Å². The molecule has 0 spiro atoms. The first-order valence-electron chi connectivity index (χ1n) is 8.93. The molecule has 0 amide bonds. The summed E-state index contributed by atoms with van der Waals surface area (Å²) in [5.41, 5.74) is 3.85. The molecule has 2 atom stereocenters. The van der Waals surface area contributed by atoms with Crippen LogP contribution in [0.25, 0.3) is 10.9 Å². The van der Waals surface area contributed by atoms with Crippen molar-refractivity contribution in [1.29, 1.82) is 0 Å². The van der Waals surface area contributed by atoms with E-state index in [9.17, 15) is 4.79 Å². The number of carbonyl (C=O) groups is 1. The number of fused-ring (bicyclic) bond motifs is 3. The van der Waals surface area contributed by atoms with Crippen LogP contribution in [0.2, 0.25) is 0 Å². The number of benzene rings is 1. The van der Waals surface area contributed by atoms with E-state index < -0.39 is 0 Å². The van der Waals surface area contributed by atoms with Crippen molar-refractivity contribution in [2.24, 2.45) is 0 Å². The van der Waals surface area contributed by atoms with Gasteiger partial charge in [-0.05, 0) is 31.0 Å². The molecule has 23 heavy (non-hydrogen) atoms. The van der Waals surface area contributed by atoms with Crippen LogP contribution in [0.1, 0.15) is 41.9 Å². The molecule has 1 aromatic heterocycles. The highest BCUT2D eigenvalue weighted by Crippen LogP contribution is 2.45. The molecule has 4 heteroatoms. The molecule has 1 fully saturated rings. The molecular formula is C19H23N3O. The second kappa shape index (κ2) is 4.92. The van der Waals surface area contributed by atoms with Gasteiger partial charge >= 0.3 is 0 Å². The zero-order valence-electron chi connectivity index (χ0n) is 13.7. The summed E-state index contributed by atoms with van der Waals surface area (Å²) in [6.07, 6.45) is 2.90. The van der Waals surface area contributed by atoms with E-state index in [-0.39, 0.29) is 5.91 Å². The van der Waals surface area contributed by atoms with Gasteiger partial charge in [-0.15, -0.1) is 0 Å². The number of piperazine rings is 1. The van der Waals surface area contributed by atoms with Gasteiger partial charge in [-0.25, -0.2) is 0 Å². The summed E-state index contributed by atoms with van der Waals surface area (Å²) in [7, 11) is 0. The topological polar surface area (TPSA) is 28.5 Å². The first-order valence-corrected chi connectivity index (χ1v) is 8.93. The molecule has 0 N–H and O–H groups in total. The van der Waals surface area contributed by atoms with Crippen LogP contribution in [-0.2, 0) is 6.42 Å². The molecular weight excluding hydrogens is 286 g/mol. The van der Waals surface area contributed by atoms with Gasteiger partial charge in [0.15, 0.2) is 0 Å². The number of aromatic nitrogens is 1. The van der Waals surface area contributed by atoms with Gasteiger partial charge in [0.05, 0.1) is 11.6 Å². The average molecular weight is 309 g/mol. The van der Waals surface area contributed by atoms with Crippen LogP contribution < -0.4 is 0 Å². The lowest BCUT2D eigenvalue weighted by molar-refractivity contribution is -0.00276. The van der Waals surface area contributed by atoms with Crippen LogP contribution >= 0.6 is 0 Å². The summed E-state index contributed by atoms with van der Waals surface area (Å²) in [5.74, 6) is 0.286. The molecule has 1 saturated heterocycles. The molecule has 5 rings (SSSR count). The van der Waals surface area contributed by atoms with Crippen LogP contribution in [0.4, 0.5) is 0 Å². The van der Waals surface area contributed by atoms with Gasteiger partial charge < -0.3 is 0 Å². The Morgan fingerprint density at radius 3 is 2.91 bits per heavy atom. The quantitative estimate of drug-likeness (QED) is 0.854. The number of nitrogens with zero attached hydrogens (tertiary/aromatic N) is 3. The summed E-state index contributed by atoms with van der Waals surface area (Å²) in [5, 5.41) is 1.30. The predicted octanol–water partition coefficient (Wildman–Crippen LogP) is 2.68. The molecule has 0 bridgehead atoms. The Morgan fingerprint density at radius 2 is 2.04 bits per heavy atom. The van der Waals surface area contributed by atoms with Gasteiger partial charge in [0.2, 0.25) is 5.91 Å². The fourth-order valence-corrected chi connectivity index (χ4v) is 5.11. The number of carbonyl (C=O) groups excluding carboxylic acids is 1. The van der Waals surface area contributed by atoms with Crippen molar-refractivity contribution in [2.45, 2.75) is 38.3 Å². The zero-order valence-corrected chi connectivity index (χ0v) is 13.7. The molecule has 0 radical (unpaired) electrons. The van der Waals surface area contributed by atoms with Gasteiger partial charge in [0.1, 0.15) is 0 Å². The zero-order chi connectivity index (χ0) is 15.6.